The molecule has 0 heterocycles. The molecule has 0 saturated heterocycles. The molecule has 0 radical (unpaired) electrons. The second kappa shape index (κ2) is 6.30. The SMILES string of the molecule is COc1cccc(C(C)c2ccc(C(=O)O)cc2C(=O)O)c1. The van der Waals surface area contributed by atoms with Crippen LogP contribution in [0.4, 0.5) is 0 Å². The minimum atomic E-state index is -1.15. The Balaban J connectivity index is 2.50. The van der Waals surface area contributed by atoms with E-state index in [0.717, 1.165) is 5.56 Å². The van der Waals surface area contributed by atoms with Crippen molar-refractivity contribution in [1.82, 2.24) is 0 Å². The molecule has 2 aromatic carbocycles. The van der Waals surface area contributed by atoms with Gasteiger partial charge < -0.3 is 14.9 Å². The molecule has 2 N–H and O–H groups in total. The first-order valence-corrected chi connectivity index (χ1v) is 6.68. The number of methoxy groups -OCH3 is 1. The predicted octanol–water partition coefficient (Wildman–Crippen LogP) is 3.24. The molecule has 0 aliphatic rings. The van der Waals surface area contributed by atoms with Crippen molar-refractivity contribution in [2.24, 2.45) is 0 Å². The normalized spacial score (nSPS) is 11.7. The van der Waals surface area contributed by atoms with Crippen molar-refractivity contribution in [1.29, 1.82) is 0 Å². The van der Waals surface area contributed by atoms with Gasteiger partial charge in [0.25, 0.3) is 0 Å². The van der Waals surface area contributed by atoms with Gasteiger partial charge in [-0.2, -0.15) is 0 Å². The van der Waals surface area contributed by atoms with Crippen molar-refractivity contribution in [2.75, 3.05) is 7.11 Å². The fraction of sp³-hybridized carbons (Fsp3) is 0.176. The third kappa shape index (κ3) is 3.09. The van der Waals surface area contributed by atoms with Crippen LogP contribution in [0.25, 0.3) is 0 Å². The summed E-state index contributed by atoms with van der Waals surface area (Å²) in [5.41, 5.74) is 1.41. The van der Waals surface area contributed by atoms with Gasteiger partial charge in [-0.05, 0) is 35.4 Å². The standard InChI is InChI=1S/C17H16O5/c1-10(11-4-3-5-13(8-11)22-2)14-7-6-12(16(18)19)9-15(14)17(20)21/h3-10H,1-2H3,(H,18,19)(H,20,21). The van der Waals surface area contributed by atoms with Gasteiger partial charge in [-0.3, -0.25) is 0 Å². The first-order valence-electron chi connectivity index (χ1n) is 6.68. The van der Waals surface area contributed by atoms with Gasteiger partial charge >= 0.3 is 11.9 Å². The molecule has 0 aromatic heterocycles. The van der Waals surface area contributed by atoms with Crippen molar-refractivity contribution >= 4 is 11.9 Å². The van der Waals surface area contributed by atoms with E-state index < -0.39 is 11.9 Å². The molecule has 1 unspecified atom stereocenters. The Morgan fingerprint density at radius 2 is 1.77 bits per heavy atom. The van der Waals surface area contributed by atoms with Crippen LogP contribution in [0.3, 0.4) is 0 Å². The summed E-state index contributed by atoms with van der Waals surface area (Å²) in [6, 6.07) is 11.5. The molecular weight excluding hydrogens is 284 g/mol. The highest BCUT2D eigenvalue weighted by atomic mass is 16.5. The summed E-state index contributed by atoms with van der Waals surface area (Å²) in [6.45, 7) is 1.87. The summed E-state index contributed by atoms with van der Waals surface area (Å²) in [5.74, 6) is -1.82. The molecule has 0 amide bonds. The molecule has 0 spiro atoms. The smallest absolute Gasteiger partial charge is 0.336 e. The predicted molar refractivity (Wildman–Crippen MR) is 80.9 cm³/mol. The fourth-order valence-electron chi connectivity index (χ4n) is 2.34. The van der Waals surface area contributed by atoms with Crippen LogP contribution in [0.2, 0.25) is 0 Å². The number of carboxylic acids is 2. The number of rotatable bonds is 5. The van der Waals surface area contributed by atoms with Crippen LogP contribution < -0.4 is 4.74 Å². The lowest BCUT2D eigenvalue weighted by atomic mass is 9.88. The van der Waals surface area contributed by atoms with Crippen molar-refractivity contribution < 1.29 is 24.5 Å². The molecule has 2 aromatic rings. The van der Waals surface area contributed by atoms with Crippen LogP contribution in [0.5, 0.6) is 5.75 Å². The molecule has 0 saturated carbocycles. The fourth-order valence-corrected chi connectivity index (χ4v) is 2.34. The van der Waals surface area contributed by atoms with Crippen molar-refractivity contribution in [3.8, 4) is 5.75 Å². The maximum Gasteiger partial charge on any atom is 0.336 e. The average molecular weight is 300 g/mol. The van der Waals surface area contributed by atoms with E-state index in [2.05, 4.69) is 0 Å². The summed E-state index contributed by atoms with van der Waals surface area (Å²) in [5, 5.41) is 18.3. The van der Waals surface area contributed by atoms with Gasteiger partial charge in [0.15, 0.2) is 0 Å². The summed E-state index contributed by atoms with van der Waals surface area (Å²) in [6.07, 6.45) is 0. The minimum absolute atomic E-state index is 0.00443. The number of ether oxygens (including phenoxy) is 1. The van der Waals surface area contributed by atoms with E-state index in [0.29, 0.717) is 11.3 Å². The second-order valence-electron chi connectivity index (χ2n) is 4.91. The van der Waals surface area contributed by atoms with E-state index in [1.807, 2.05) is 31.2 Å². The number of carbonyl (C=O) groups is 2. The molecule has 0 bridgehead atoms. The van der Waals surface area contributed by atoms with E-state index in [1.165, 1.54) is 12.1 Å². The van der Waals surface area contributed by atoms with Crippen molar-refractivity contribution in [3.63, 3.8) is 0 Å². The topological polar surface area (TPSA) is 83.8 Å². The zero-order valence-corrected chi connectivity index (χ0v) is 12.2. The first-order chi connectivity index (χ1) is 10.4. The molecule has 22 heavy (non-hydrogen) atoms. The summed E-state index contributed by atoms with van der Waals surface area (Å²) in [4.78, 5) is 22.4. The zero-order chi connectivity index (χ0) is 16.3. The van der Waals surface area contributed by atoms with Gasteiger partial charge in [-0.15, -0.1) is 0 Å². The largest absolute Gasteiger partial charge is 0.497 e. The van der Waals surface area contributed by atoms with Gasteiger partial charge in [0, 0.05) is 5.92 Å². The van der Waals surface area contributed by atoms with E-state index in [4.69, 9.17) is 9.84 Å². The summed E-state index contributed by atoms with van der Waals surface area (Å²) < 4.78 is 5.18. The van der Waals surface area contributed by atoms with Gasteiger partial charge in [-0.1, -0.05) is 25.1 Å². The van der Waals surface area contributed by atoms with E-state index in [9.17, 15) is 14.7 Å². The van der Waals surface area contributed by atoms with Crippen LogP contribution in [-0.4, -0.2) is 29.3 Å². The lowest BCUT2D eigenvalue weighted by Crippen LogP contribution is -2.09. The molecule has 0 fully saturated rings. The molecule has 0 aliphatic heterocycles. The number of hydrogen-bond acceptors (Lipinski definition) is 3. The molecule has 114 valence electrons. The van der Waals surface area contributed by atoms with E-state index in [-0.39, 0.29) is 17.0 Å². The Hall–Kier alpha value is -2.82. The first kappa shape index (κ1) is 15.6. The highest BCUT2D eigenvalue weighted by molar-refractivity contribution is 5.95. The van der Waals surface area contributed by atoms with Crippen LogP contribution in [-0.2, 0) is 0 Å². The number of benzene rings is 2. The minimum Gasteiger partial charge on any atom is -0.497 e. The zero-order valence-electron chi connectivity index (χ0n) is 12.2. The number of carboxylic acid groups (broad SMARTS) is 2. The highest BCUT2D eigenvalue weighted by Gasteiger charge is 2.19. The Morgan fingerprint density at radius 3 is 2.36 bits per heavy atom. The lowest BCUT2D eigenvalue weighted by Gasteiger charge is -2.16. The van der Waals surface area contributed by atoms with Gasteiger partial charge in [-0.25, -0.2) is 9.59 Å². The number of aromatic carboxylic acids is 2. The third-order valence-corrected chi connectivity index (χ3v) is 3.59. The quantitative estimate of drug-likeness (QED) is 0.885. The summed E-state index contributed by atoms with van der Waals surface area (Å²) in [7, 11) is 1.56. The Labute approximate surface area is 127 Å². The Kier molecular flexibility index (Phi) is 4.46. The van der Waals surface area contributed by atoms with Gasteiger partial charge in [0.1, 0.15) is 5.75 Å². The maximum absolute atomic E-state index is 11.4. The molecule has 5 nitrogen and oxygen atoms in total. The van der Waals surface area contributed by atoms with Gasteiger partial charge in [0.05, 0.1) is 18.2 Å². The molecule has 1 atom stereocenters. The summed E-state index contributed by atoms with van der Waals surface area (Å²) >= 11 is 0. The van der Waals surface area contributed by atoms with Crippen LogP contribution in [0.15, 0.2) is 42.5 Å². The molecule has 0 aliphatic carbocycles. The molecule has 5 heteroatoms. The average Bonchev–Trinajstić information content (AvgIpc) is 2.53. The van der Waals surface area contributed by atoms with Crippen molar-refractivity contribution in [3.05, 3.63) is 64.7 Å². The molecule has 2 rings (SSSR count). The second-order valence-corrected chi connectivity index (χ2v) is 4.91. The van der Waals surface area contributed by atoms with Crippen LogP contribution in [0.1, 0.15) is 44.7 Å². The van der Waals surface area contributed by atoms with E-state index in [1.54, 1.807) is 13.2 Å². The highest BCUT2D eigenvalue weighted by Crippen LogP contribution is 2.29. The maximum atomic E-state index is 11.4. The monoisotopic (exact) mass is 300 g/mol. The lowest BCUT2D eigenvalue weighted by molar-refractivity contribution is 0.0695. The Bertz CT molecular complexity index is 721. The van der Waals surface area contributed by atoms with Gasteiger partial charge in [0.2, 0.25) is 0 Å². The van der Waals surface area contributed by atoms with Crippen LogP contribution >= 0.6 is 0 Å². The van der Waals surface area contributed by atoms with Crippen molar-refractivity contribution in [2.45, 2.75) is 12.8 Å². The van der Waals surface area contributed by atoms with Crippen LogP contribution in [0, 0.1) is 0 Å². The van der Waals surface area contributed by atoms with E-state index >= 15 is 0 Å². The third-order valence-electron chi connectivity index (χ3n) is 3.59. The Morgan fingerprint density at radius 1 is 1.05 bits per heavy atom. The molecular formula is C17H16O5. The number of hydrogen-bond donors (Lipinski definition) is 2.